The maximum absolute atomic E-state index is 9.17. The van der Waals surface area contributed by atoms with Gasteiger partial charge in [0, 0.05) is 0 Å². The van der Waals surface area contributed by atoms with Gasteiger partial charge in [-0.25, -0.2) is 30.0 Å². The van der Waals surface area contributed by atoms with Gasteiger partial charge in [-0.05, 0) is 0 Å². The highest BCUT2D eigenvalue weighted by Crippen LogP contribution is 1.60. The maximum atomic E-state index is 9.17. The molecule has 0 fully saturated rings. The van der Waals surface area contributed by atoms with Crippen LogP contribution >= 0.6 is 0 Å². The fourth-order valence-electron chi connectivity index (χ4n) is 0.0390. The van der Waals surface area contributed by atoms with Gasteiger partial charge in [-0.15, -0.1) is 0 Å². The third kappa shape index (κ3) is 894. The van der Waals surface area contributed by atoms with Crippen LogP contribution in [0.4, 0.5) is 4.79 Å². The first-order chi connectivity index (χ1) is 5.60. The lowest BCUT2D eigenvalue weighted by molar-refractivity contribution is 0.205. The molecule has 3 N–H and O–H groups in total. The zero-order chi connectivity index (χ0) is 10.4. The van der Waals surface area contributed by atoms with Gasteiger partial charge < -0.3 is 5.11 Å². The Hall–Kier alpha value is -2.39. The number of nitrogens with zero attached hydrogens (tertiary/aromatic N) is 1. The summed E-state index contributed by atoms with van der Waals surface area (Å²) in [6.07, 6.45) is 0.833. The average molecular weight is 173 g/mol. The molecule has 0 aliphatic rings. The van der Waals surface area contributed by atoms with E-state index in [0.717, 1.165) is 18.2 Å². The zero-order valence-corrected chi connectivity index (χ0v) is 5.53. The van der Waals surface area contributed by atoms with Crippen LogP contribution in [0.5, 0.6) is 0 Å². The Morgan fingerprint density at radius 3 is 1.42 bits per heavy atom. The molecular formula is C4H3N3O5. The van der Waals surface area contributed by atoms with Gasteiger partial charge in [0.25, 0.3) is 0 Å². The van der Waals surface area contributed by atoms with Crippen molar-refractivity contribution in [1.82, 2.24) is 0 Å². The van der Waals surface area contributed by atoms with Gasteiger partial charge in [0.05, 0.1) is 0 Å². The summed E-state index contributed by atoms with van der Waals surface area (Å²) in [5.74, 6) is 0. The minimum Gasteiger partial charge on any atom is -0.463 e. The van der Waals surface area contributed by atoms with Crippen LogP contribution in [0.15, 0.2) is 4.99 Å². The van der Waals surface area contributed by atoms with Gasteiger partial charge >= 0.3 is 6.09 Å². The van der Waals surface area contributed by atoms with Crippen molar-refractivity contribution in [2.75, 3.05) is 0 Å². The number of rotatable bonds is 0. The molecule has 0 aromatic heterocycles. The monoisotopic (exact) mass is 173 g/mol. The molecule has 0 saturated carbocycles. The van der Waals surface area contributed by atoms with Crippen LogP contribution in [0, 0.1) is 10.8 Å². The minimum absolute atomic E-state index is 0.750. The lowest BCUT2D eigenvalue weighted by Gasteiger charge is -1.62. The number of nitrogens with one attached hydrogen (secondary N) is 2. The summed E-state index contributed by atoms with van der Waals surface area (Å²) < 4.78 is 0. The first kappa shape index (κ1) is 16.3. The maximum Gasteiger partial charge on any atom is 0.442 e. The summed E-state index contributed by atoms with van der Waals surface area (Å²) in [5, 5.41) is 18.3. The number of hydrogen-bond donors (Lipinski definition) is 3. The first-order valence-corrected chi connectivity index (χ1v) is 1.99. The van der Waals surface area contributed by atoms with Crippen LogP contribution in [0.3, 0.4) is 0 Å². The Morgan fingerprint density at radius 1 is 1.17 bits per heavy atom. The van der Waals surface area contributed by atoms with Crippen LogP contribution in [0.2, 0.25) is 0 Å². The summed E-state index contributed by atoms with van der Waals surface area (Å²) in [6.45, 7) is 0. The quantitative estimate of drug-likeness (QED) is 0.342. The van der Waals surface area contributed by atoms with Crippen LogP contribution in [-0.4, -0.2) is 29.4 Å². The van der Waals surface area contributed by atoms with Crippen molar-refractivity contribution in [3.63, 3.8) is 0 Å². The fourth-order valence-corrected chi connectivity index (χ4v) is 0.0390. The summed E-state index contributed by atoms with van der Waals surface area (Å²) in [7, 11) is 0. The molecule has 0 aliphatic heterocycles. The van der Waals surface area contributed by atoms with Crippen molar-refractivity contribution < 1.29 is 24.3 Å². The van der Waals surface area contributed by atoms with E-state index in [-0.39, 0.29) is 0 Å². The highest BCUT2D eigenvalue weighted by molar-refractivity contribution is 5.71. The molecule has 0 unspecified atom stereocenters. The van der Waals surface area contributed by atoms with E-state index >= 15 is 0 Å². The van der Waals surface area contributed by atoms with Crippen LogP contribution in [-0.2, 0) is 14.4 Å². The summed E-state index contributed by atoms with van der Waals surface area (Å²) >= 11 is 0. The number of hydrogen-bond acceptors (Lipinski definition) is 6. The molecule has 8 heteroatoms. The number of carbonyl (C=O) groups excluding carboxylic acids is 3. The number of aliphatic imine (C=N–C) groups is 1. The summed E-state index contributed by atoms with van der Waals surface area (Å²) in [5.41, 5.74) is 0. The van der Waals surface area contributed by atoms with Gasteiger partial charge in [0.15, 0.2) is 0 Å². The molecule has 0 aromatic carbocycles. The van der Waals surface area contributed by atoms with E-state index in [0.29, 0.717) is 0 Å². The summed E-state index contributed by atoms with van der Waals surface area (Å²) in [4.78, 5) is 37.0. The Kier molecular flexibility index (Phi) is 31.9. The highest BCUT2D eigenvalue weighted by Gasteiger charge is 1.80. The molecule has 0 heterocycles. The van der Waals surface area contributed by atoms with E-state index in [1.807, 2.05) is 0 Å². The van der Waals surface area contributed by atoms with Crippen molar-refractivity contribution >= 4 is 24.3 Å². The smallest absolute Gasteiger partial charge is 0.442 e. The number of carbonyl (C=O) groups is 1. The van der Waals surface area contributed by atoms with Crippen molar-refractivity contribution in [3.8, 4) is 0 Å². The molecule has 0 bridgehead atoms. The topological polar surface area (TPSA) is 149 Å². The predicted octanol–water partition coefficient (Wildman–Crippen LogP) is -0.198. The zero-order valence-electron chi connectivity index (χ0n) is 5.53. The molecule has 0 aromatic rings. The number of carboxylic acid groups (broad SMARTS) is 1. The van der Waals surface area contributed by atoms with Crippen LogP contribution in [0.25, 0.3) is 0 Å². The van der Waals surface area contributed by atoms with Crippen molar-refractivity contribution in [2.24, 2.45) is 4.99 Å². The van der Waals surface area contributed by atoms with Gasteiger partial charge in [0.2, 0.25) is 18.2 Å². The predicted molar refractivity (Wildman–Crippen MR) is 33.0 cm³/mol. The third-order valence-corrected chi connectivity index (χ3v) is 0.141. The van der Waals surface area contributed by atoms with E-state index < -0.39 is 6.09 Å². The molecule has 12 heavy (non-hydrogen) atoms. The van der Waals surface area contributed by atoms with Crippen molar-refractivity contribution in [3.05, 3.63) is 0 Å². The highest BCUT2D eigenvalue weighted by atomic mass is 16.4. The summed E-state index contributed by atoms with van der Waals surface area (Å²) in [6, 6.07) is 0. The molecular weight excluding hydrogens is 170 g/mol. The Balaban J connectivity index is -0.000000115. The minimum atomic E-state index is -1.51. The Morgan fingerprint density at radius 2 is 1.42 bits per heavy atom. The second-order valence-corrected chi connectivity index (χ2v) is 0.690. The van der Waals surface area contributed by atoms with Crippen molar-refractivity contribution in [1.29, 1.82) is 10.8 Å². The SMILES string of the molecule is N=C=O.N=C=O.O=C=NC(=O)O. The normalized spacial score (nSPS) is 4.33. The van der Waals surface area contributed by atoms with E-state index in [1.165, 1.54) is 0 Å². The molecule has 1 amide bonds. The molecule has 0 saturated heterocycles. The van der Waals surface area contributed by atoms with Crippen LogP contribution < -0.4 is 0 Å². The molecule has 0 spiro atoms. The lowest BCUT2D eigenvalue weighted by atomic mass is 11.2. The van der Waals surface area contributed by atoms with Gasteiger partial charge in [-0.2, -0.15) is 0 Å². The van der Waals surface area contributed by atoms with Crippen LogP contribution in [0.1, 0.15) is 0 Å². The molecule has 0 aliphatic carbocycles. The van der Waals surface area contributed by atoms with Crippen molar-refractivity contribution in [2.45, 2.75) is 0 Å². The van der Waals surface area contributed by atoms with Gasteiger partial charge in [-0.3, -0.25) is 0 Å². The fraction of sp³-hybridized carbons (Fsp3) is 0. The molecule has 0 rings (SSSR count). The van der Waals surface area contributed by atoms with E-state index in [9.17, 15) is 4.79 Å². The standard InChI is InChI=1S/C2HNO3.2CHNO/c4-1-3-2(5)6;2*2-1-3/h(H,5,6);2*2H. The molecule has 0 radical (unpaired) electrons. The molecule has 64 valence electrons. The lowest BCUT2D eigenvalue weighted by Crippen LogP contribution is -1.80. The molecule has 0 atom stereocenters. The van der Waals surface area contributed by atoms with E-state index in [4.69, 9.17) is 30.3 Å². The first-order valence-electron chi connectivity index (χ1n) is 1.99. The largest absolute Gasteiger partial charge is 0.463 e. The Labute approximate surface area is 65.6 Å². The second-order valence-electron chi connectivity index (χ2n) is 0.690. The number of isocyanates is 3. The third-order valence-electron chi connectivity index (χ3n) is 0.141. The molecule has 8 nitrogen and oxygen atoms in total. The average Bonchev–Trinajstić information content (AvgIpc) is 1.89. The Bertz CT molecular complexity index is 217. The second kappa shape index (κ2) is 23.5. The van der Waals surface area contributed by atoms with E-state index in [1.54, 1.807) is 0 Å². The van der Waals surface area contributed by atoms with Gasteiger partial charge in [-0.1, -0.05) is 4.99 Å². The van der Waals surface area contributed by atoms with Gasteiger partial charge in [0.1, 0.15) is 0 Å². The number of amides is 1. The van der Waals surface area contributed by atoms with E-state index in [2.05, 4.69) is 4.99 Å².